The summed E-state index contributed by atoms with van der Waals surface area (Å²) in [7, 11) is -3.99. The van der Waals surface area contributed by atoms with Crippen LogP contribution in [0.4, 0.5) is 11.4 Å². The van der Waals surface area contributed by atoms with Gasteiger partial charge in [0.05, 0.1) is 20.8 Å². The van der Waals surface area contributed by atoms with Crippen molar-refractivity contribution in [3.05, 3.63) is 87.5 Å². The lowest BCUT2D eigenvalue weighted by molar-refractivity contribution is -0.114. The number of anilines is 2. The van der Waals surface area contributed by atoms with Gasteiger partial charge in [0.1, 0.15) is 6.54 Å². The minimum Gasteiger partial charge on any atom is -0.324 e. The zero-order valence-corrected chi connectivity index (χ0v) is 21.6. The third-order valence-electron chi connectivity index (χ3n) is 5.65. The van der Waals surface area contributed by atoms with Crippen molar-refractivity contribution >= 4 is 48.9 Å². The molecule has 0 saturated heterocycles. The summed E-state index contributed by atoms with van der Waals surface area (Å²) >= 11 is 1.11. The molecule has 0 saturated carbocycles. The lowest BCUT2D eigenvalue weighted by atomic mass is 10.1. The van der Waals surface area contributed by atoms with E-state index in [1.54, 1.807) is 47.0 Å². The number of benzene rings is 3. The maximum Gasteiger partial charge on any atom is 0.308 e. The Morgan fingerprint density at radius 3 is 2.40 bits per heavy atom. The molecular weight excluding hydrogens is 482 g/mol. The predicted octanol–water partition coefficient (Wildman–Crippen LogP) is 5.09. The number of aryl methyl sites for hydroxylation is 2. The molecule has 1 aromatic heterocycles. The number of hydrogen-bond donors (Lipinski definition) is 1. The lowest BCUT2D eigenvalue weighted by Crippen LogP contribution is -2.38. The first-order valence-electron chi connectivity index (χ1n) is 11.2. The predicted molar refractivity (Wildman–Crippen MR) is 142 cm³/mol. The van der Waals surface area contributed by atoms with E-state index in [1.165, 1.54) is 12.1 Å². The Bertz CT molecular complexity index is 1550. The summed E-state index contributed by atoms with van der Waals surface area (Å²) in [5, 5.41) is 2.80. The molecule has 4 rings (SSSR count). The Hall–Kier alpha value is -3.43. The van der Waals surface area contributed by atoms with Crippen LogP contribution in [0.15, 0.2) is 76.4 Å². The van der Waals surface area contributed by atoms with E-state index < -0.39 is 22.5 Å². The fourth-order valence-electron chi connectivity index (χ4n) is 4.04. The normalized spacial score (nSPS) is 11.7. The molecule has 0 fully saturated rings. The molecule has 1 amide bonds. The van der Waals surface area contributed by atoms with E-state index in [9.17, 15) is 18.0 Å². The first kappa shape index (κ1) is 24.7. The summed E-state index contributed by atoms with van der Waals surface area (Å²) in [4.78, 5) is 25.5. The average molecular weight is 510 g/mol. The summed E-state index contributed by atoms with van der Waals surface area (Å²) in [6.45, 7) is 7.23. The van der Waals surface area contributed by atoms with Gasteiger partial charge < -0.3 is 5.32 Å². The smallest absolute Gasteiger partial charge is 0.308 e. The molecule has 9 heteroatoms. The lowest BCUT2D eigenvalue weighted by Gasteiger charge is -2.26. The summed E-state index contributed by atoms with van der Waals surface area (Å²) < 4.78 is 30.7. The van der Waals surface area contributed by atoms with Gasteiger partial charge in [-0.1, -0.05) is 47.2 Å². The molecule has 4 aromatic rings. The number of amides is 1. The molecular formula is C26H27N3O4S2. The van der Waals surface area contributed by atoms with Gasteiger partial charge in [0.2, 0.25) is 5.91 Å². The van der Waals surface area contributed by atoms with Gasteiger partial charge in [-0.3, -0.25) is 18.5 Å². The second-order valence-corrected chi connectivity index (χ2v) is 11.5. The van der Waals surface area contributed by atoms with Gasteiger partial charge in [-0.25, -0.2) is 8.42 Å². The number of carbonyl (C=O) groups is 1. The van der Waals surface area contributed by atoms with Crippen LogP contribution in [0.1, 0.15) is 31.0 Å². The Morgan fingerprint density at radius 2 is 1.74 bits per heavy atom. The van der Waals surface area contributed by atoms with Crippen molar-refractivity contribution in [3.63, 3.8) is 0 Å². The topological polar surface area (TPSA) is 88.5 Å². The van der Waals surface area contributed by atoms with E-state index in [1.807, 2.05) is 39.8 Å². The average Bonchev–Trinajstić information content (AvgIpc) is 3.13. The summed E-state index contributed by atoms with van der Waals surface area (Å²) in [5.74, 6) is -0.487. The van der Waals surface area contributed by atoms with Crippen molar-refractivity contribution in [2.75, 3.05) is 16.2 Å². The highest BCUT2D eigenvalue weighted by Crippen LogP contribution is 2.28. The van der Waals surface area contributed by atoms with Crippen LogP contribution in [-0.4, -0.2) is 25.4 Å². The van der Waals surface area contributed by atoms with E-state index in [4.69, 9.17) is 0 Å². The van der Waals surface area contributed by atoms with Crippen molar-refractivity contribution in [1.29, 1.82) is 0 Å². The van der Waals surface area contributed by atoms with E-state index in [0.717, 1.165) is 37.0 Å². The minimum absolute atomic E-state index is 0.0196. The van der Waals surface area contributed by atoms with Crippen molar-refractivity contribution in [3.8, 4) is 0 Å². The fraction of sp³-hybridized carbons (Fsp3) is 0.231. The molecule has 35 heavy (non-hydrogen) atoms. The van der Waals surface area contributed by atoms with Crippen LogP contribution < -0.4 is 14.5 Å². The molecule has 0 aliphatic carbocycles. The highest BCUT2D eigenvalue weighted by Gasteiger charge is 2.28. The third kappa shape index (κ3) is 5.01. The molecule has 0 aliphatic heterocycles. The number of fused-ring (bicyclic) bond motifs is 1. The van der Waals surface area contributed by atoms with Gasteiger partial charge in [0.25, 0.3) is 10.0 Å². The number of nitrogens with one attached hydrogen (secondary N) is 1. The second-order valence-electron chi connectivity index (χ2n) is 8.68. The third-order valence-corrected chi connectivity index (χ3v) is 8.35. The van der Waals surface area contributed by atoms with Crippen molar-refractivity contribution in [2.45, 2.75) is 38.6 Å². The van der Waals surface area contributed by atoms with Gasteiger partial charge in [-0.2, -0.15) is 0 Å². The Morgan fingerprint density at radius 1 is 1.03 bits per heavy atom. The van der Waals surface area contributed by atoms with Gasteiger partial charge in [-0.05, 0) is 69.7 Å². The highest BCUT2D eigenvalue weighted by molar-refractivity contribution is 7.92. The van der Waals surface area contributed by atoms with Crippen molar-refractivity contribution < 1.29 is 13.2 Å². The number of hydrogen-bond acceptors (Lipinski definition) is 5. The van der Waals surface area contributed by atoms with Crippen molar-refractivity contribution in [2.24, 2.45) is 0 Å². The van der Waals surface area contributed by atoms with E-state index >= 15 is 0 Å². The monoisotopic (exact) mass is 509 g/mol. The summed E-state index contributed by atoms with van der Waals surface area (Å²) in [5.41, 5.74) is 3.48. The van der Waals surface area contributed by atoms with Crippen LogP contribution >= 0.6 is 11.3 Å². The van der Waals surface area contributed by atoms with Crippen LogP contribution in [0.25, 0.3) is 10.2 Å². The Kier molecular flexibility index (Phi) is 6.82. The largest absolute Gasteiger partial charge is 0.324 e. The number of thiazole rings is 1. The molecule has 0 spiro atoms. The van der Waals surface area contributed by atoms with Crippen LogP contribution in [0.5, 0.6) is 0 Å². The first-order valence-corrected chi connectivity index (χ1v) is 13.4. The standard InChI is InChI=1S/C26H27N3O4S2/c1-17(2)29-23-13-11-20(15-24(23)34-26(29)31)27-25(30)16-28(22-12-10-18(3)14-19(22)4)35(32,33)21-8-6-5-7-9-21/h5-15,17H,16H2,1-4H3,(H,27,30). The minimum atomic E-state index is -3.99. The molecule has 1 N–H and O–H groups in total. The van der Waals surface area contributed by atoms with Crippen LogP contribution in [-0.2, 0) is 14.8 Å². The number of nitrogens with zero attached hydrogens (tertiary/aromatic N) is 2. The van der Waals surface area contributed by atoms with Gasteiger partial charge in [-0.15, -0.1) is 0 Å². The molecule has 0 aliphatic rings. The molecule has 182 valence electrons. The van der Waals surface area contributed by atoms with Gasteiger partial charge >= 0.3 is 4.87 Å². The fourth-order valence-corrected chi connectivity index (χ4v) is 6.60. The molecule has 7 nitrogen and oxygen atoms in total. The molecule has 0 unspecified atom stereocenters. The maximum atomic E-state index is 13.5. The summed E-state index contributed by atoms with van der Waals surface area (Å²) in [6, 6.07) is 18.8. The van der Waals surface area contributed by atoms with Gasteiger partial charge in [0, 0.05) is 11.7 Å². The number of rotatable bonds is 7. The van der Waals surface area contributed by atoms with E-state index in [0.29, 0.717) is 11.4 Å². The van der Waals surface area contributed by atoms with Crippen LogP contribution in [0.3, 0.4) is 0 Å². The van der Waals surface area contributed by atoms with Gasteiger partial charge in [0.15, 0.2) is 0 Å². The summed E-state index contributed by atoms with van der Waals surface area (Å²) in [6.07, 6.45) is 0. The highest BCUT2D eigenvalue weighted by atomic mass is 32.2. The van der Waals surface area contributed by atoms with E-state index in [-0.39, 0.29) is 15.8 Å². The zero-order chi connectivity index (χ0) is 25.3. The Balaban J connectivity index is 1.67. The maximum absolute atomic E-state index is 13.5. The first-order chi connectivity index (χ1) is 16.6. The number of carbonyl (C=O) groups excluding carboxylic acids is 1. The molecule has 3 aromatic carbocycles. The molecule has 0 bridgehead atoms. The second kappa shape index (κ2) is 9.67. The van der Waals surface area contributed by atoms with E-state index in [2.05, 4.69) is 5.32 Å². The molecule has 1 heterocycles. The quantitative estimate of drug-likeness (QED) is 0.376. The number of sulfonamides is 1. The van der Waals surface area contributed by atoms with Crippen LogP contribution in [0, 0.1) is 13.8 Å². The molecule has 0 atom stereocenters. The number of aromatic nitrogens is 1. The Labute approximate surface area is 208 Å². The molecule has 0 radical (unpaired) electrons. The SMILES string of the molecule is Cc1ccc(N(CC(=O)Nc2ccc3c(c2)sc(=O)n3C(C)C)S(=O)(=O)c2ccccc2)c(C)c1. The van der Waals surface area contributed by atoms with Crippen LogP contribution in [0.2, 0.25) is 0 Å². The van der Waals surface area contributed by atoms with Crippen molar-refractivity contribution in [1.82, 2.24) is 4.57 Å². The zero-order valence-electron chi connectivity index (χ0n) is 20.0.